The summed E-state index contributed by atoms with van der Waals surface area (Å²) < 4.78 is 0. The largest absolute Gasteiger partial charge is 0.350 e. The number of anilines is 1. The van der Waals surface area contributed by atoms with E-state index in [1.807, 2.05) is 37.1 Å². The van der Waals surface area contributed by atoms with E-state index in [2.05, 4.69) is 27.5 Å². The van der Waals surface area contributed by atoms with Gasteiger partial charge in [-0.05, 0) is 12.5 Å². The fourth-order valence-electron chi connectivity index (χ4n) is 2.55. The third kappa shape index (κ3) is 3.10. The van der Waals surface area contributed by atoms with E-state index in [1.54, 1.807) is 30.3 Å². The number of benzene rings is 1. The molecule has 2 heterocycles. The smallest absolute Gasteiger partial charge is 0.241 e. The molecule has 6 heteroatoms. The van der Waals surface area contributed by atoms with E-state index in [-0.39, 0.29) is 12.5 Å². The van der Waals surface area contributed by atoms with Gasteiger partial charge in [0.1, 0.15) is 16.5 Å². The fraction of sp³-hybridized carbons (Fsp3) is 0.278. The number of hydrogen-bond acceptors (Lipinski definition) is 5. The lowest BCUT2D eigenvalue weighted by molar-refractivity contribution is -0.127. The van der Waals surface area contributed by atoms with Gasteiger partial charge in [-0.1, -0.05) is 30.3 Å². The van der Waals surface area contributed by atoms with Crippen LogP contribution in [-0.4, -0.2) is 48.5 Å². The maximum atomic E-state index is 12.1. The van der Waals surface area contributed by atoms with Gasteiger partial charge in [0.25, 0.3) is 0 Å². The molecule has 3 aromatic rings. The van der Waals surface area contributed by atoms with Crippen LogP contribution in [0.2, 0.25) is 0 Å². The van der Waals surface area contributed by atoms with Crippen molar-refractivity contribution in [3.63, 3.8) is 0 Å². The Morgan fingerprint density at radius 1 is 1.12 bits per heavy atom. The Bertz CT molecular complexity index is 873. The zero-order valence-corrected chi connectivity index (χ0v) is 15.1. The maximum absolute atomic E-state index is 12.1. The highest BCUT2D eigenvalue weighted by atomic mass is 32.1. The summed E-state index contributed by atoms with van der Waals surface area (Å²) in [6.45, 7) is 2.16. The molecule has 0 aliphatic rings. The van der Waals surface area contributed by atoms with E-state index in [0.29, 0.717) is 5.82 Å². The molecule has 5 nitrogen and oxygen atoms in total. The summed E-state index contributed by atoms with van der Waals surface area (Å²) in [5, 5.41) is 3.12. The standard InChI is InChI=1S/C18H20N4OS/c1-12-19-17(22(4)10-15(23)21(2)3)16-14(11-24-18(16)20-12)13-8-6-5-7-9-13/h5-9,11H,10H2,1-4H3. The van der Waals surface area contributed by atoms with Gasteiger partial charge in [-0.2, -0.15) is 0 Å². The lowest BCUT2D eigenvalue weighted by atomic mass is 10.1. The van der Waals surface area contributed by atoms with Crippen molar-refractivity contribution in [3.05, 3.63) is 41.5 Å². The molecule has 0 saturated carbocycles. The van der Waals surface area contributed by atoms with Crippen molar-refractivity contribution in [2.24, 2.45) is 0 Å². The first-order valence-electron chi connectivity index (χ1n) is 7.70. The Balaban J connectivity index is 2.13. The zero-order chi connectivity index (χ0) is 17.3. The molecule has 0 saturated heterocycles. The highest BCUT2D eigenvalue weighted by Crippen LogP contribution is 2.37. The van der Waals surface area contributed by atoms with Gasteiger partial charge >= 0.3 is 0 Å². The summed E-state index contributed by atoms with van der Waals surface area (Å²) in [6.07, 6.45) is 0. The molecule has 0 spiro atoms. The number of nitrogens with zero attached hydrogens (tertiary/aromatic N) is 4. The molecule has 2 aromatic heterocycles. The summed E-state index contributed by atoms with van der Waals surface area (Å²) in [7, 11) is 5.42. The van der Waals surface area contributed by atoms with Gasteiger partial charge in [-0.3, -0.25) is 4.79 Å². The van der Waals surface area contributed by atoms with Gasteiger partial charge < -0.3 is 9.80 Å². The minimum atomic E-state index is 0.0402. The Hall–Kier alpha value is -2.47. The van der Waals surface area contributed by atoms with E-state index in [4.69, 9.17) is 0 Å². The lowest BCUT2D eigenvalue weighted by Gasteiger charge is -2.21. The van der Waals surface area contributed by atoms with Gasteiger partial charge in [-0.15, -0.1) is 11.3 Å². The average Bonchev–Trinajstić information content (AvgIpc) is 2.98. The Labute approximate surface area is 145 Å². The highest BCUT2D eigenvalue weighted by Gasteiger charge is 2.19. The molecule has 1 aromatic carbocycles. The van der Waals surface area contributed by atoms with E-state index in [0.717, 1.165) is 27.2 Å². The molecule has 0 N–H and O–H groups in total. The molecule has 0 bridgehead atoms. The van der Waals surface area contributed by atoms with Crippen LogP contribution >= 0.6 is 11.3 Å². The van der Waals surface area contributed by atoms with Crippen LogP contribution in [0.1, 0.15) is 5.82 Å². The number of hydrogen-bond donors (Lipinski definition) is 0. The molecule has 124 valence electrons. The number of rotatable bonds is 4. The number of carbonyl (C=O) groups is 1. The summed E-state index contributed by atoms with van der Waals surface area (Å²) in [6, 6.07) is 10.2. The molecule has 0 unspecified atom stereocenters. The van der Waals surface area contributed by atoms with Gasteiger partial charge in [0.2, 0.25) is 5.91 Å². The van der Waals surface area contributed by atoms with Crippen LogP contribution in [0.25, 0.3) is 21.3 Å². The maximum Gasteiger partial charge on any atom is 0.241 e. The first-order chi connectivity index (χ1) is 11.5. The highest BCUT2D eigenvalue weighted by molar-refractivity contribution is 7.17. The number of likely N-dealkylation sites (N-methyl/N-ethyl adjacent to an activating group) is 2. The molecule has 24 heavy (non-hydrogen) atoms. The minimum Gasteiger partial charge on any atom is -0.350 e. The molecule has 0 fully saturated rings. The topological polar surface area (TPSA) is 49.3 Å². The lowest BCUT2D eigenvalue weighted by Crippen LogP contribution is -2.34. The van der Waals surface area contributed by atoms with E-state index >= 15 is 0 Å². The first kappa shape index (κ1) is 16.4. The van der Waals surface area contributed by atoms with Crippen molar-refractivity contribution in [3.8, 4) is 11.1 Å². The molecule has 0 aliphatic carbocycles. The quantitative estimate of drug-likeness (QED) is 0.732. The third-order valence-corrected chi connectivity index (χ3v) is 4.72. The Morgan fingerprint density at radius 3 is 2.50 bits per heavy atom. The summed E-state index contributed by atoms with van der Waals surface area (Å²) in [5.41, 5.74) is 2.24. The van der Waals surface area contributed by atoms with Gasteiger partial charge in [0.15, 0.2) is 0 Å². The molecule has 3 rings (SSSR count). The van der Waals surface area contributed by atoms with Gasteiger partial charge in [0.05, 0.1) is 11.9 Å². The average molecular weight is 340 g/mol. The van der Waals surface area contributed by atoms with Crippen LogP contribution in [0, 0.1) is 6.92 Å². The van der Waals surface area contributed by atoms with E-state index < -0.39 is 0 Å². The first-order valence-corrected chi connectivity index (χ1v) is 8.58. The second-order valence-corrected chi connectivity index (χ2v) is 6.79. The molecule has 0 radical (unpaired) electrons. The predicted molar refractivity (Wildman–Crippen MR) is 99.6 cm³/mol. The predicted octanol–water partition coefficient (Wildman–Crippen LogP) is 3.19. The van der Waals surface area contributed by atoms with Crippen molar-refractivity contribution in [1.82, 2.24) is 14.9 Å². The van der Waals surface area contributed by atoms with Crippen LogP contribution in [0.4, 0.5) is 5.82 Å². The summed E-state index contributed by atoms with van der Waals surface area (Å²) in [4.78, 5) is 25.7. The van der Waals surface area contributed by atoms with Crippen LogP contribution < -0.4 is 4.90 Å². The third-order valence-electron chi connectivity index (χ3n) is 3.84. The monoisotopic (exact) mass is 340 g/mol. The normalized spacial score (nSPS) is 10.8. The second-order valence-electron chi connectivity index (χ2n) is 5.93. The fourth-order valence-corrected chi connectivity index (χ4v) is 3.54. The van der Waals surface area contributed by atoms with Crippen LogP contribution in [0.15, 0.2) is 35.7 Å². The Morgan fingerprint density at radius 2 is 1.83 bits per heavy atom. The minimum absolute atomic E-state index is 0.0402. The van der Waals surface area contributed by atoms with E-state index in [1.165, 1.54) is 0 Å². The van der Waals surface area contributed by atoms with E-state index in [9.17, 15) is 4.79 Å². The van der Waals surface area contributed by atoms with Gasteiger partial charge in [-0.25, -0.2) is 9.97 Å². The van der Waals surface area contributed by atoms with Crippen molar-refractivity contribution in [1.29, 1.82) is 0 Å². The van der Waals surface area contributed by atoms with Crippen LogP contribution in [0.3, 0.4) is 0 Å². The summed E-state index contributed by atoms with van der Waals surface area (Å²) in [5.74, 6) is 1.55. The van der Waals surface area contributed by atoms with Gasteiger partial charge in [0, 0.05) is 32.1 Å². The number of amides is 1. The second kappa shape index (κ2) is 6.57. The number of thiophene rings is 1. The molecular weight excluding hydrogens is 320 g/mol. The summed E-state index contributed by atoms with van der Waals surface area (Å²) >= 11 is 1.61. The number of carbonyl (C=O) groups excluding carboxylic acids is 1. The zero-order valence-electron chi connectivity index (χ0n) is 14.3. The van der Waals surface area contributed by atoms with Crippen LogP contribution in [0.5, 0.6) is 0 Å². The molecular formula is C18H20N4OS. The van der Waals surface area contributed by atoms with Crippen LogP contribution in [-0.2, 0) is 4.79 Å². The van der Waals surface area contributed by atoms with Crippen molar-refractivity contribution in [2.45, 2.75) is 6.92 Å². The Kier molecular flexibility index (Phi) is 4.49. The van der Waals surface area contributed by atoms with Crippen molar-refractivity contribution >= 4 is 33.3 Å². The number of aryl methyl sites for hydroxylation is 1. The van der Waals surface area contributed by atoms with Crippen molar-refractivity contribution in [2.75, 3.05) is 32.6 Å². The molecule has 0 aliphatic heterocycles. The SMILES string of the molecule is Cc1nc(N(C)CC(=O)N(C)C)c2c(-c3ccccc3)csc2n1. The van der Waals surface area contributed by atoms with Crippen molar-refractivity contribution < 1.29 is 4.79 Å². The number of fused-ring (bicyclic) bond motifs is 1. The number of aromatic nitrogens is 2. The molecule has 1 amide bonds. The molecule has 0 atom stereocenters.